The minimum absolute atomic E-state index is 0.0105. The van der Waals surface area contributed by atoms with Crippen molar-refractivity contribution in [3.05, 3.63) is 87.9 Å². The Morgan fingerprint density at radius 3 is 2.13 bits per heavy atom. The highest BCUT2D eigenvalue weighted by molar-refractivity contribution is 7.89. The monoisotopic (exact) mass is 464 g/mol. The van der Waals surface area contributed by atoms with E-state index in [1.165, 1.54) is 25.3 Å². The first kappa shape index (κ1) is 22.1. The van der Waals surface area contributed by atoms with Gasteiger partial charge >= 0.3 is 0 Å². The molecule has 0 atom stereocenters. The Kier molecular flexibility index (Phi) is 6.99. The van der Waals surface area contributed by atoms with Crippen molar-refractivity contribution in [2.24, 2.45) is 0 Å². The molecule has 0 unspecified atom stereocenters. The smallest absolute Gasteiger partial charge is 0.255 e. The summed E-state index contributed by atoms with van der Waals surface area (Å²) in [6.07, 6.45) is 0. The Bertz CT molecular complexity index is 1150. The molecule has 0 aromatic heterocycles. The van der Waals surface area contributed by atoms with Crippen molar-refractivity contribution >= 4 is 44.8 Å². The van der Waals surface area contributed by atoms with Crippen LogP contribution in [0.4, 0.5) is 5.69 Å². The molecule has 0 aliphatic carbocycles. The second kappa shape index (κ2) is 9.49. The first-order valence-electron chi connectivity index (χ1n) is 8.77. The van der Waals surface area contributed by atoms with Crippen LogP contribution < -0.4 is 14.8 Å². The number of hydrogen-bond acceptors (Lipinski definition) is 4. The van der Waals surface area contributed by atoms with Gasteiger partial charge in [-0.05, 0) is 60.2 Å². The fourth-order valence-electron chi connectivity index (χ4n) is 2.61. The predicted octanol–water partition coefficient (Wildman–Crippen LogP) is 4.73. The standard InChI is InChI=1S/C21H18Cl2N2O4S/c1-29-20-11-10-18(30(27,28)24-13-14-2-6-16(22)7-3-14)12-19(20)25-21(26)15-4-8-17(23)9-5-15/h2-12,24H,13H2,1H3,(H,25,26). The molecule has 0 fully saturated rings. The fourth-order valence-corrected chi connectivity index (χ4v) is 3.91. The molecule has 0 spiro atoms. The van der Waals surface area contributed by atoms with Crippen LogP contribution >= 0.6 is 23.2 Å². The lowest BCUT2D eigenvalue weighted by atomic mass is 10.2. The Labute approximate surface area is 184 Å². The van der Waals surface area contributed by atoms with Gasteiger partial charge in [0.05, 0.1) is 17.7 Å². The van der Waals surface area contributed by atoms with Crippen molar-refractivity contribution in [2.75, 3.05) is 12.4 Å². The Balaban J connectivity index is 1.80. The predicted molar refractivity (Wildman–Crippen MR) is 118 cm³/mol. The Morgan fingerprint density at radius 1 is 0.933 bits per heavy atom. The summed E-state index contributed by atoms with van der Waals surface area (Å²) in [5.41, 5.74) is 1.36. The summed E-state index contributed by atoms with van der Waals surface area (Å²) in [6, 6.07) is 17.4. The quantitative estimate of drug-likeness (QED) is 0.528. The number of ether oxygens (including phenoxy) is 1. The SMILES string of the molecule is COc1ccc(S(=O)(=O)NCc2ccc(Cl)cc2)cc1NC(=O)c1ccc(Cl)cc1. The number of hydrogen-bond donors (Lipinski definition) is 2. The maximum atomic E-state index is 12.7. The summed E-state index contributed by atoms with van der Waals surface area (Å²) in [7, 11) is -2.40. The van der Waals surface area contributed by atoms with Crippen molar-refractivity contribution < 1.29 is 17.9 Å². The van der Waals surface area contributed by atoms with Crippen LogP contribution in [0.15, 0.2) is 71.6 Å². The number of carbonyl (C=O) groups excluding carboxylic acids is 1. The molecule has 0 saturated carbocycles. The second-order valence-corrected chi connectivity index (χ2v) is 8.91. The largest absolute Gasteiger partial charge is 0.495 e. The van der Waals surface area contributed by atoms with E-state index in [4.69, 9.17) is 27.9 Å². The molecule has 3 aromatic rings. The number of rotatable bonds is 7. The van der Waals surface area contributed by atoms with Gasteiger partial charge in [0, 0.05) is 22.2 Å². The van der Waals surface area contributed by atoms with Gasteiger partial charge in [-0.1, -0.05) is 35.3 Å². The molecule has 0 bridgehead atoms. The van der Waals surface area contributed by atoms with Crippen LogP contribution in [0.2, 0.25) is 10.0 Å². The number of amides is 1. The molecule has 0 heterocycles. The molecule has 0 saturated heterocycles. The molecule has 156 valence electrons. The van der Waals surface area contributed by atoms with Crippen LogP contribution in [0.25, 0.3) is 0 Å². The minimum Gasteiger partial charge on any atom is -0.495 e. The van der Waals surface area contributed by atoms with Crippen molar-refractivity contribution in [3.63, 3.8) is 0 Å². The lowest BCUT2D eigenvalue weighted by molar-refractivity contribution is 0.102. The summed E-state index contributed by atoms with van der Waals surface area (Å²) >= 11 is 11.7. The highest BCUT2D eigenvalue weighted by atomic mass is 35.5. The van der Waals surface area contributed by atoms with E-state index in [0.717, 1.165) is 5.56 Å². The molecule has 3 aromatic carbocycles. The van der Waals surface area contributed by atoms with E-state index in [1.54, 1.807) is 48.5 Å². The van der Waals surface area contributed by atoms with Crippen LogP contribution in [0.1, 0.15) is 15.9 Å². The summed E-state index contributed by atoms with van der Waals surface area (Å²) in [5, 5.41) is 3.75. The number of sulfonamides is 1. The summed E-state index contributed by atoms with van der Waals surface area (Å²) in [4.78, 5) is 12.5. The van der Waals surface area contributed by atoms with E-state index in [0.29, 0.717) is 21.4 Å². The molecular weight excluding hydrogens is 447 g/mol. The zero-order valence-electron chi connectivity index (χ0n) is 15.9. The van der Waals surface area contributed by atoms with E-state index in [2.05, 4.69) is 10.0 Å². The van der Waals surface area contributed by atoms with Crippen LogP contribution in [0.3, 0.4) is 0 Å². The maximum Gasteiger partial charge on any atom is 0.255 e. The third-order valence-corrected chi connectivity index (χ3v) is 6.12. The average Bonchev–Trinajstić information content (AvgIpc) is 2.73. The lowest BCUT2D eigenvalue weighted by Crippen LogP contribution is -2.23. The topological polar surface area (TPSA) is 84.5 Å². The molecule has 3 rings (SSSR count). The van der Waals surface area contributed by atoms with E-state index in [9.17, 15) is 13.2 Å². The van der Waals surface area contributed by atoms with Gasteiger partial charge in [-0.25, -0.2) is 13.1 Å². The molecule has 30 heavy (non-hydrogen) atoms. The van der Waals surface area contributed by atoms with Crippen molar-refractivity contribution in [1.82, 2.24) is 4.72 Å². The average molecular weight is 465 g/mol. The fraction of sp³-hybridized carbons (Fsp3) is 0.0952. The van der Waals surface area contributed by atoms with Crippen molar-refractivity contribution in [2.45, 2.75) is 11.4 Å². The third kappa shape index (κ3) is 5.52. The van der Waals surface area contributed by atoms with Crippen molar-refractivity contribution in [3.8, 4) is 5.75 Å². The van der Waals surface area contributed by atoms with Gasteiger partial charge in [0.15, 0.2) is 0 Å². The van der Waals surface area contributed by atoms with Crippen LogP contribution in [-0.4, -0.2) is 21.4 Å². The van der Waals surface area contributed by atoms with Crippen LogP contribution in [-0.2, 0) is 16.6 Å². The number of carbonyl (C=O) groups is 1. The molecular formula is C21H18Cl2N2O4S. The van der Waals surface area contributed by atoms with Crippen LogP contribution in [0.5, 0.6) is 5.75 Å². The van der Waals surface area contributed by atoms with Gasteiger partial charge in [0.2, 0.25) is 10.0 Å². The highest BCUT2D eigenvalue weighted by Crippen LogP contribution is 2.28. The second-order valence-electron chi connectivity index (χ2n) is 6.27. The van der Waals surface area contributed by atoms with Crippen LogP contribution in [0, 0.1) is 0 Å². The zero-order chi connectivity index (χ0) is 21.7. The molecule has 0 aliphatic heterocycles. The van der Waals surface area contributed by atoms with E-state index >= 15 is 0 Å². The minimum atomic E-state index is -3.83. The van der Waals surface area contributed by atoms with E-state index < -0.39 is 15.9 Å². The van der Waals surface area contributed by atoms with E-state index in [1.807, 2.05) is 0 Å². The van der Waals surface area contributed by atoms with Gasteiger partial charge < -0.3 is 10.1 Å². The van der Waals surface area contributed by atoms with Gasteiger partial charge in [-0.3, -0.25) is 4.79 Å². The summed E-state index contributed by atoms with van der Waals surface area (Å²) < 4.78 is 33.2. The highest BCUT2D eigenvalue weighted by Gasteiger charge is 2.18. The van der Waals surface area contributed by atoms with E-state index in [-0.39, 0.29) is 17.1 Å². The lowest BCUT2D eigenvalue weighted by Gasteiger charge is -2.13. The van der Waals surface area contributed by atoms with Gasteiger partial charge in [0.1, 0.15) is 5.75 Å². The molecule has 0 aliphatic rings. The third-order valence-electron chi connectivity index (χ3n) is 4.22. The Hall–Kier alpha value is -2.58. The van der Waals surface area contributed by atoms with Gasteiger partial charge in [-0.2, -0.15) is 0 Å². The number of anilines is 1. The Morgan fingerprint density at radius 2 is 1.53 bits per heavy atom. The first-order valence-corrected chi connectivity index (χ1v) is 11.0. The first-order chi connectivity index (χ1) is 14.3. The van der Waals surface area contributed by atoms with Gasteiger partial charge in [0.25, 0.3) is 5.91 Å². The van der Waals surface area contributed by atoms with Crippen molar-refractivity contribution in [1.29, 1.82) is 0 Å². The molecule has 6 nitrogen and oxygen atoms in total. The molecule has 2 N–H and O–H groups in total. The number of methoxy groups -OCH3 is 1. The number of benzene rings is 3. The maximum absolute atomic E-state index is 12.7. The van der Waals surface area contributed by atoms with Gasteiger partial charge in [-0.15, -0.1) is 0 Å². The number of nitrogens with one attached hydrogen (secondary N) is 2. The number of halogens is 2. The summed E-state index contributed by atoms with van der Waals surface area (Å²) in [6.45, 7) is 0.0952. The molecule has 9 heteroatoms. The normalized spacial score (nSPS) is 11.2. The zero-order valence-corrected chi connectivity index (χ0v) is 18.2. The molecule has 1 amide bonds. The summed E-state index contributed by atoms with van der Waals surface area (Å²) in [5.74, 6) is -0.0948. The molecule has 0 radical (unpaired) electrons.